The molecule has 0 saturated heterocycles. The molecule has 0 amide bonds. The molecule has 18 heavy (non-hydrogen) atoms. The fourth-order valence-electron chi connectivity index (χ4n) is 2.75. The van der Waals surface area contributed by atoms with Gasteiger partial charge in [0.15, 0.2) is 0 Å². The predicted molar refractivity (Wildman–Crippen MR) is 76.4 cm³/mol. The molecule has 0 spiro atoms. The van der Waals surface area contributed by atoms with E-state index < -0.39 is 0 Å². The molecule has 0 bridgehead atoms. The topological polar surface area (TPSA) is 40.5 Å². The minimum absolute atomic E-state index is 0.103. The molecular formula is C16H26O2. The number of benzene rings is 1. The lowest BCUT2D eigenvalue weighted by atomic mass is 9.77. The van der Waals surface area contributed by atoms with Gasteiger partial charge in [0.05, 0.1) is 0 Å². The Morgan fingerprint density at radius 1 is 1.11 bits per heavy atom. The maximum absolute atomic E-state index is 10.2. The molecule has 0 aliphatic heterocycles. The number of rotatable bonds is 5. The minimum atomic E-state index is -0.103. The molecule has 0 unspecified atom stereocenters. The number of phenolic OH excluding ortho intramolecular Hbond substituents is 2. The van der Waals surface area contributed by atoms with Crippen molar-refractivity contribution in [3.8, 4) is 11.5 Å². The predicted octanol–water partition coefficient (Wildman–Crippen LogP) is 4.57. The van der Waals surface area contributed by atoms with Crippen LogP contribution in [0.1, 0.15) is 63.1 Å². The normalized spacial score (nSPS) is 11.8. The van der Waals surface area contributed by atoms with Crippen molar-refractivity contribution in [3.05, 3.63) is 22.8 Å². The first-order valence-electron chi connectivity index (χ1n) is 6.84. The van der Waals surface area contributed by atoms with E-state index in [1.165, 1.54) is 12.8 Å². The van der Waals surface area contributed by atoms with Gasteiger partial charge in [0, 0.05) is 5.56 Å². The van der Waals surface area contributed by atoms with Crippen LogP contribution >= 0.6 is 0 Å². The smallest absolute Gasteiger partial charge is 0.121 e. The minimum Gasteiger partial charge on any atom is -0.508 e. The van der Waals surface area contributed by atoms with Crippen molar-refractivity contribution in [3.63, 3.8) is 0 Å². The Morgan fingerprint density at radius 3 is 2.28 bits per heavy atom. The van der Waals surface area contributed by atoms with E-state index in [1.54, 1.807) is 6.07 Å². The van der Waals surface area contributed by atoms with Gasteiger partial charge in [-0.25, -0.2) is 0 Å². The molecule has 0 heterocycles. The molecule has 2 nitrogen and oxygen atoms in total. The first-order chi connectivity index (χ1) is 8.31. The van der Waals surface area contributed by atoms with Crippen LogP contribution in [0.15, 0.2) is 6.07 Å². The van der Waals surface area contributed by atoms with E-state index in [0.29, 0.717) is 11.5 Å². The maximum atomic E-state index is 10.2. The zero-order valence-corrected chi connectivity index (χ0v) is 12.3. The van der Waals surface area contributed by atoms with Crippen LogP contribution in [-0.2, 0) is 5.41 Å². The zero-order chi connectivity index (χ0) is 13.9. The summed E-state index contributed by atoms with van der Waals surface area (Å²) < 4.78 is 0. The van der Waals surface area contributed by atoms with Crippen molar-refractivity contribution in [2.75, 3.05) is 0 Å². The molecule has 2 heteroatoms. The molecule has 0 radical (unpaired) electrons. The van der Waals surface area contributed by atoms with Gasteiger partial charge in [0.1, 0.15) is 11.5 Å². The number of unbranched alkanes of at least 4 members (excludes halogenated alkanes) is 2. The third-order valence-electron chi connectivity index (χ3n) is 3.80. The highest BCUT2D eigenvalue weighted by Gasteiger charge is 2.27. The van der Waals surface area contributed by atoms with Gasteiger partial charge in [-0.1, -0.05) is 40.0 Å². The van der Waals surface area contributed by atoms with Gasteiger partial charge >= 0.3 is 0 Å². The Bertz CT molecular complexity index is 420. The lowest BCUT2D eigenvalue weighted by Gasteiger charge is -2.29. The van der Waals surface area contributed by atoms with E-state index in [2.05, 4.69) is 20.8 Å². The Kier molecular flexibility index (Phi) is 4.66. The van der Waals surface area contributed by atoms with Crippen molar-refractivity contribution in [2.45, 2.75) is 65.7 Å². The number of aryl methyl sites for hydroxylation is 1. The second-order valence-electron chi connectivity index (χ2n) is 5.90. The summed E-state index contributed by atoms with van der Waals surface area (Å²) in [6.45, 7) is 10.2. The molecule has 1 aromatic rings. The summed E-state index contributed by atoms with van der Waals surface area (Å²) in [5.74, 6) is 0.621. The molecule has 0 aromatic heterocycles. The third-order valence-corrected chi connectivity index (χ3v) is 3.80. The summed E-state index contributed by atoms with van der Waals surface area (Å²) in [4.78, 5) is 0. The SMILES string of the molecule is CCCCCC(C)(C)c1c(O)cc(C)c(O)c1C. The highest BCUT2D eigenvalue weighted by molar-refractivity contribution is 5.54. The first kappa shape index (κ1) is 14.9. The van der Waals surface area contributed by atoms with Gasteiger partial charge in [-0.3, -0.25) is 0 Å². The summed E-state index contributed by atoms with van der Waals surface area (Å²) in [5.41, 5.74) is 2.34. The highest BCUT2D eigenvalue weighted by atomic mass is 16.3. The van der Waals surface area contributed by atoms with Crippen LogP contribution in [0.5, 0.6) is 11.5 Å². The molecule has 0 aliphatic rings. The van der Waals surface area contributed by atoms with Crippen LogP contribution < -0.4 is 0 Å². The van der Waals surface area contributed by atoms with E-state index in [1.807, 2.05) is 13.8 Å². The van der Waals surface area contributed by atoms with Crippen molar-refractivity contribution in [1.82, 2.24) is 0 Å². The van der Waals surface area contributed by atoms with Gasteiger partial charge in [-0.15, -0.1) is 0 Å². The fourth-order valence-corrected chi connectivity index (χ4v) is 2.75. The Labute approximate surface area is 111 Å². The van der Waals surface area contributed by atoms with E-state index in [-0.39, 0.29) is 5.41 Å². The van der Waals surface area contributed by atoms with E-state index in [9.17, 15) is 10.2 Å². The van der Waals surface area contributed by atoms with Gasteiger partial charge in [-0.05, 0) is 42.9 Å². The largest absolute Gasteiger partial charge is 0.508 e. The highest BCUT2D eigenvalue weighted by Crippen LogP contribution is 2.42. The molecular weight excluding hydrogens is 224 g/mol. The fraction of sp³-hybridized carbons (Fsp3) is 0.625. The number of phenols is 2. The monoisotopic (exact) mass is 250 g/mol. The van der Waals surface area contributed by atoms with Crippen LogP contribution in [0.4, 0.5) is 0 Å². The van der Waals surface area contributed by atoms with Gasteiger partial charge < -0.3 is 10.2 Å². The Hall–Kier alpha value is -1.18. The average Bonchev–Trinajstić information content (AvgIpc) is 2.25. The van der Waals surface area contributed by atoms with Crippen LogP contribution in [0, 0.1) is 13.8 Å². The number of hydrogen-bond acceptors (Lipinski definition) is 2. The molecule has 0 atom stereocenters. The molecule has 1 rings (SSSR count). The van der Waals surface area contributed by atoms with E-state index in [0.717, 1.165) is 29.5 Å². The standard InChI is InChI=1S/C16H26O2/c1-6-7-8-9-16(4,5)14-12(3)15(18)11(2)10-13(14)17/h10,17-18H,6-9H2,1-5H3. The van der Waals surface area contributed by atoms with E-state index in [4.69, 9.17) is 0 Å². The van der Waals surface area contributed by atoms with Crippen molar-refractivity contribution < 1.29 is 10.2 Å². The van der Waals surface area contributed by atoms with Crippen molar-refractivity contribution in [2.24, 2.45) is 0 Å². The van der Waals surface area contributed by atoms with E-state index >= 15 is 0 Å². The lowest BCUT2D eigenvalue weighted by Crippen LogP contribution is -2.19. The molecule has 0 saturated carbocycles. The van der Waals surface area contributed by atoms with Crippen molar-refractivity contribution in [1.29, 1.82) is 0 Å². The maximum Gasteiger partial charge on any atom is 0.121 e. The summed E-state index contributed by atoms with van der Waals surface area (Å²) in [7, 11) is 0. The Balaban J connectivity index is 3.11. The zero-order valence-electron chi connectivity index (χ0n) is 12.3. The van der Waals surface area contributed by atoms with Gasteiger partial charge in [0.25, 0.3) is 0 Å². The summed E-state index contributed by atoms with van der Waals surface area (Å²) in [6.07, 6.45) is 4.58. The quantitative estimate of drug-likeness (QED) is 0.593. The lowest BCUT2D eigenvalue weighted by molar-refractivity contribution is 0.397. The number of hydrogen-bond donors (Lipinski definition) is 2. The summed E-state index contributed by atoms with van der Waals surface area (Å²) >= 11 is 0. The molecule has 0 fully saturated rings. The van der Waals surface area contributed by atoms with Crippen molar-refractivity contribution >= 4 is 0 Å². The van der Waals surface area contributed by atoms with Gasteiger partial charge in [0.2, 0.25) is 0 Å². The third kappa shape index (κ3) is 2.98. The van der Waals surface area contributed by atoms with Crippen LogP contribution in [0.2, 0.25) is 0 Å². The second kappa shape index (κ2) is 5.64. The number of aromatic hydroxyl groups is 2. The van der Waals surface area contributed by atoms with Crippen LogP contribution in [0.25, 0.3) is 0 Å². The molecule has 2 N–H and O–H groups in total. The summed E-state index contributed by atoms with van der Waals surface area (Å²) in [6, 6.07) is 1.67. The Morgan fingerprint density at radius 2 is 1.72 bits per heavy atom. The van der Waals surface area contributed by atoms with Gasteiger partial charge in [-0.2, -0.15) is 0 Å². The first-order valence-corrected chi connectivity index (χ1v) is 6.84. The average molecular weight is 250 g/mol. The summed E-state index contributed by atoms with van der Waals surface area (Å²) in [5, 5.41) is 20.2. The second-order valence-corrected chi connectivity index (χ2v) is 5.90. The molecule has 0 aliphatic carbocycles. The molecule has 102 valence electrons. The van der Waals surface area contributed by atoms with Crippen LogP contribution in [-0.4, -0.2) is 10.2 Å². The van der Waals surface area contributed by atoms with Crippen LogP contribution in [0.3, 0.4) is 0 Å². The molecule has 1 aromatic carbocycles.